The third kappa shape index (κ3) is 2.59. The van der Waals surface area contributed by atoms with Gasteiger partial charge in [-0.15, -0.1) is 0 Å². The van der Waals surface area contributed by atoms with Crippen LogP contribution in [0.2, 0.25) is 0 Å². The molecule has 0 radical (unpaired) electrons. The van der Waals surface area contributed by atoms with Crippen molar-refractivity contribution in [3.63, 3.8) is 0 Å². The number of amides is 1. The summed E-state index contributed by atoms with van der Waals surface area (Å²) in [5, 5.41) is 0. The number of carbonyl (C=O) groups is 1. The molecule has 3 nitrogen and oxygen atoms in total. The van der Waals surface area contributed by atoms with Gasteiger partial charge in [0.15, 0.2) is 5.60 Å². The highest BCUT2D eigenvalue weighted by molar-refractivity contribution is 5.61. The molecular formula is C18H26NO2+. The Morgan fingerprint density at radius 1 is 1.10 bits per heavy atom. The van der Waals surface area contributed by atoms with Gasteiger partial charge in [-0.2, -0.15) is 4.79 Å². The Bertz CT molecular complexity index is 505. The lowest BCUT2D eigenvalue weighted by molar-refractivity contribution is -0.827. The first-order valence-electron chi connectivity index (χ1n) is 8.17. The minimum absolute atomic E-state index is 0.0873. The Balaban J connectivity index is 1.98. The van der Waals surface area contributed by atoms with Gasteiger partial charge in [0, 0.05) is 12.3 Å². The van der Waals surface area contributed by atoms with Gasteiger partial charge in [0.25, 0.3) is 0 Å². The van der Waals surface area contributed by atoms with Gasteiger partial charge in [-0.25, -0.2) is 4.48 Å². The van der Waals surface area contributed by atoms with E-state index in [1.807, 2.05) is 20.2 Å². The van der Waals surface area contributed by atoms with Gasteiger partial charge in [-0.1, -0.05) is 49.6 Å². The van der Waals surface area contributed by atoms with Crippen molar-refractivity contribution in [3.05, 3.63) is 35.9 Å². The van der Waals surface area contributed by atoms with Crippen LogP contribution >= 0.6 is 0 Å². The lowest BCUT2D eigenvalue weighted by atomic mass is 9.71. The summed E-state index contributed by atoms with van der Waals surface area (Å²) >= 11 is 0. The molecular weight excluding hydrogens is 262 g/mol. The minimum Gasteiger partial charge on any atom is -0.408 e. The molecule has 1 atom stereocenters. The molecule has 0 spiro atoms. The second-order valence-corrected chi connectivity index (χ2v) is 7.12. The normalized spacial score (nSPS) is 29.9. The summed E-state index contributed by atoms with van der Waals surface area (Å²) in [6.07, 6.45) is 7.03. The van der Waals surface area contributed by atoms with Gasteiger partial charge in [-0.05, 0) is 18.4 Å². The van der Waals surface area contributed by atoms with E-state index >= 15 is 0 Å². The molecule has 1 saturated carbocycles. The van der Waals surface area contributed by atoms with E-state index in [0.29, 0.717) is 10.4 Å². The molecule has 0 aromatic heterocycles. The average Bonchev–Trinajstić information content (AvgIpc) is 2.52. The quantitative estimate of drug-likeness (QED) is 0.767. The van der Waals surface area contributed by atoms with E-state index in [2.05, 4.69) is 24.3 Å². The molecule has 1 aromatic rings. The molecule has 1 aliphatic carbocycles. The van der Waals surface area contributed by atoms with Crippen LogP contribution < -0.4 is 0 Å². The average molecular weight is 288 g/mol. The van der Waals surface area contributed by atoms with Gasteiger partial charge in [0.2, 0.25) is 0 Å². The maximum absolute atomic E-state index is 12.5. The molecule has 1 saturated heterocycles. The summed E-state index contributed by atoms with van der Waals surface area (Å²) in [5.74, 6) is 0.470. The van der Waals surface area contributed by atoms with Crippen LogP contribution in [0.25, 0.3) is 0 Å². The molecule has 1 unspecified atom stereocenters. The number of hydrogen-bond acceptors (Lipinski definition) is 2. The maximum Gasteiger partial charge on any atom is 0.516 e. The van der Waals surface area contributed by atoms with Crippen molar-refractivity contribution < 1.29 is 14.0 Å². The van der Waals surface area contributed by atoms with Crippen LogP contribution in [0.3, 0.4) is 0 Å². The van der Waals surface area contributed by atoms with Gasteiger partial charge in [0.1, 0.15) is 0 Å². The largest absolute Gasteiger partial charge is 0.516 e. The summed E-state index contributed by atoms with van der Waals surface area (Å²) < 4.78 is 6.48. The van der Waals surface area contributed by atoms with E-state index in [0.717, 1.165) is 13.0 Å². The molecule has 3 rings (SSSR count). The van der Waals surface area contributed by atoms with Crippen LogP contribution in [-0.2, 0) is 10.3 Å². The Kier molecular flexibility index (Phi) is 3.78. The Morgan fingerprint density at radius 3 is 2.38 bits per heavy atom. The van der Waals surface area contributed by atoms with Crippen molar-refractivity contribution in [2.75, 3.05) is 20.6 Å². The van der Waals surface area contributed by atoms with Crippen LogP contribution in [0, 0.1) is 5.92 Å². The third-order valence-electron chi connectivity index (χ3n) is 5.33. The molecule has 2 fully saturated rings. The zero-order valence-corrected chi connectivity index (χ0v) is 13.2. The minimum atomic E-state index is -0.396. The first-order chi connectivity index (χ1) is 10.0. The SMILES string of the molecule is C[N+]1(C)CCC(c2ccccc2)(C2CCCCC2)OC1=O. The Hall–Kier alpha value is -1.35. The van der Waals surface area contributed by atoms with Crippen LogP contribution in [-0.4, -0.2) is 31.2 Å². The summed E-state index contributed by atoms with van der Waals surface area (Å²) in [6.45, 7) is 0.851. The van der Waals surface area contributed by atoms with E-state index in [1.54, 1.807) is 0 Å². The molecule has 0 N–H and O–H groups in total. The highest BCUT2D eigenvalue weighted by Crippen LogP contribution is 2.47. The van der Waals surface area contributed by atoms with Gasteiger partial charge in [-0.3, -0.25) is 0 Å². The van der Waals surface area contributed by atoms with Gasteiger partial charge < -0.3 is 4.74 Å². The number of nitrogens with zero attached hydrogens (tertiary/aromatic N) is 1. The smallest absolute Gasteiger partial charge is 0.408 e. The number of benzene rings is 1. The summed E-state index contributed by atoms with van der Waals surface area (Å²) in [4.78, 5) is 12.5. The van der Waals surface area contributed by atoms with E-state index in [1.165, 1.54) is 37.7 Å². The van der Waals surface area contributed by atoms with Crippen molar-refractivity contribution in [3.8, 4) is 0 Å². The van der Waals surface area contributed by atoms with Crippen molar-refractivity contribution in [1.29, 1.82) is 0 Å². The Labute approximate surface area is 127 Å². The van der Waals surface area contributed by atoms with Crippen molar-refractivity contribution in [2.24, 2.45) is 5.92 Å². The lowest BCUT2D eigenvalue weighted by Crippen LogP contribution is -2.58. The van der Waals surface area contributed by atoms with E-state index in [9.17, 15) is 4.79 Å². The summed E-state index contributed by atoms with van der Waals surface area (Å²) in [5.41, 5.74) is 0.789. The predicted octanol–water partition coefficient (Wildman–Crippen LogP) is 4.08. The topological polar surface area (TPSA) is 26.3 Å². The van der Waals surface area contributed by atoms with Crippen LogP contribution in [0.1, 0.15) is 44.1 Å². The lowest BCUT2D eigenvalue weighted by Gasteiger charge is -2.47. The van der Waals surface area contributed by atoms with E-state index in [-0.39, 0.29) is 6.09 Å². The van der Waals surface area contributed by atoms with Crippen molar-refractivity contribution in [1.82, 2.24) is 0 Å². The number of carbonyl (C=O) groups excluding carboxylic acids is 1. The molecule has 21 heavy (non-hydrogen) atoms. The molecule has 1 aromatic carbocycles. The standard InChI is InChI=1S/C18H26NO2/c1-19(2)14-13-18(21-17(19)20,15-9-5-3-6-10-15)16-11-7-4-8-12-16/h3,5-6,9-10,16H,4,7-8,11-14H2,1-2H3/q+1. The molecule has 114 valence electrons. The first-order valence-corrected chi connectivity index (χ1v) is 8.17. The zero-order valence-electron chi connectivity index (χ0n) is 13.2. The fourth-order valence-corrected chi connectivity index (χ4v) is 3.88. The molecule has 2 aliphatic rings. The van der Waals surface area contributed by atoms with Gasteiger partial charge >= 0.3 is 6.09 Å². The van der Waals surface area contributed by atoms with Crippen LogP contribution in [0.4, 0.5) is 4.79 Å². The maximum atomic E-state index is 12.5. The number of ether oxygens (including phenoxy) is 1. The third-order valence-corrected chi connectivity index (χ3v) is 5.33. The zero-order chi connectivity index (χ0) is 14.9. The fraction of sp³-hybridized carbons (Fsp3) is 0.611. The highest BCUT2D eigenvalue weighted by Gasteiger charge is 2.52. The van der Waals surface area contributed by atoms with Crippen LogP contribution in [0.15, 0.2) is 30.3 Å². The van der Waals surface area contributed by atoms with E-state index < -0.39 is 5.60 Å². The molecule has 0 bridgehead atoms. The number of rotatable bonds is 2. The van der Waals surface area contributed by atoms with E-state index in [4.69, 9.17) is 4.74 Å². The molecule has 3 heteroatoms. The second kappa shape index (κ2) is 5.45. The number of cyclic esters (lactones) is 1. The second-order valence-electron chi connectivity index (χ2n) is 7.12. The molecule has 1 aliphatic heterocycles. The van der Waals surface area contributed by atoms with Gasteiger partial charge in [0.05, 0.1) is 20.6 Å². The predicted molar refractivity (Wildman–Crippen MR) is 82.8 cm³/mol. The number of hydrogen-bond donors (Lipinski definition) is 0. The first kappa shape index (κ1) is 14.6. The summed E-state index contributed by atoms with van der Waals surface area (Å²) in [6, 6.07) is 10.4. The van der Waals surface area contributed by atoms with Crippen molar-refractivity contribution >= 4 is 6.09 Å². The van der Waals surface area contributed by atoms with Crippen LogP contribution in [0.5, 0.6) is 0 Å². The summed E-state index contributed by atoms with van der Waals surface area (Å²) in [7, 11) is 3.89. The Morgan fingerprint density at radius 2 is 1.76 bits per heavy atom. The molecule has 1 amide bonds. The monoisotopic (exact) mass is 288 g/mol. The number of quaternary nitrogens is 1. The molecule has 1 heterocycles. The highest BCUT2D eigenvalue weighted by atomic mass is 16.6. The van der Waals surface area contributed by atoms with Crippen molar-refractivity contribution in [2.45, 2.75) is 44.1 Å². The fourth-order valence-electron chi connectivity index (χ4n) is 3.88.